The number of aromatic nitrogens is 4. The van der Waals surface area contributed by atoms with Crippen molar-refractivity contribution in [3.63, 3.8) is 0 Å². The van der Waals surface area contributed by atoms with Crippen molar-refractivity contribution >= 4 is 0 Å². The van der Waals surface area contributed by atoms with E-state index in [1.807, 2.05) is 31.2 Å². The van der Waals surface area contributed by atoms with Crippen LogP contribution in [0.2, 0.25) is 0 Å². The number of hydrogen-bond acceptors (Lipinski definition) is 5. The molecule has 0 aliphatic rings. The first kappa shape index (κ1) is 12.5. The summed E-state index contributed by atoms with van der Waals surface area (Å²) in [4.78, 5) is 0. The van der Waals surface area contributed by atoms with Gasteiger partial charge in [-0.1, -0.05) is 0 Å². The van der Waals surface area contributed by atoms with E-state index in [1.54, 1.807) is 4.68 Å². The smallest absolute Gasteiger partial charge is 0.182 e. The zero-order chi connectivity index (χ0) is 12.8. The molecule has 0 amide bonds. The number of benzene rings is 1. The molecule has 0 saturated carbocycles. The zero-order valence-corrected chi connectivity index (χ0v) is 10.4. The van der Waals surface area contributed by atoms with Gasteiger partial charge >= 0.3 is 0 Å². The summed E-state index contributed by atoms with van der Waals surface area (Å²) in [5.74, 6) is 1.61. The van der Waals surface area contributed by atoms with Gasteiger partial charge in [0.1, 0.15) is 5.75 Å². The lowest BCUT2D eigenvalue weighted by Crippen LogP contribution is -2.08. The molecule has 0 fully saturated rings. The lowest BCUT2D eigenvalue weighted by molar-refractivity contribution is 0.340. The zero-order valence-electron chi connectivity index (χ0n) is 10.4. The number of tetrazole rings is 1. The largest absolute Gasteiger partial charge is 0.494 e. The molecule has 0 atom stereocenters. The first-order valence-electron chi connectivity index (χ1n) is 6.04. The summed E-state index contributed by atoms with van der Waals surface area (Å²) in [6, 6.07) is 7.74. The van der Waals surface area contributed by atoms with Crippen LogP contribution in [0.1, 0.15) is 13.3 Å². The van der Waals surface area contributed by atoms with Gasteiger partial charge in [0.25, 0.3) is 0 Å². The lowest BCUT2D eigenvalue weighted by Gasteiger charge is -2.05. The van der Waals surface area contributed by atoms with E-state index in [2.05, 4.69) is 15.5 Å². The highest BCUT2D eigenvalue weighted by Gasteiger charge is 2.08. The molecule has 0 radical (unpaired) electrons. The molecule has 0 spiro atoms. The second kappa shape index (κ2) is 6.11. The van der Waals surface area contributed by atoms with Crippen LogP contribution in [0.15, 0.2) is 24.3 Å². The molecule has 0 bridgehead atoms. The minimum absolute atomic E-state index is 0.628. The number of nitrogens with zero attached hydrogens (tertiary/aromatic N) is 4. The van der Waals surface area contributed by atoms with Crippen molar-refractivity contribution in [1.29, 1.82) is 0 Å². The van der Waals surface area contributed by atoms with E-state index < -0.39 is 0 Å². The highest BCUT2D eigenvalue weighted by Crippen LogP contribution is 2.20. The molecule has 0 aliphatic heterocycles. The van der Waals surface area contributed by atoms with Gasteiger partial charge in [0, 0.05) is 12.1 Å². The number of nitrogens with two attached hydrogens (primary N) is 1. The van der Waals surface area contributed by atoms with Gasteiger partial charge < -0.3 is 10.5 Å². The minimum Gasteiger partial charge on any atom is -0.494 e. The Hall–Kier alpha value is -1.95. The third-order valence-electron chi connectivity index (χ3n) is 2.53. The van der Waals surface area contributed by atoms with E-state index in [0.29, 0.717) is 13.2 Å². The molecule has 0 aliphatic carbocycles. The second-order valence-corrected chi connectivity index (χ2v) is 3.83. The van der Waals surface area contributed by atoms with Gasteiger partial charge in [-0.2, -0.15) is 0 Å². The maximum absolute atomic E-state index is 5.49. The molecular formula is C12H17N5O. The molecule has 2 N–H and O–H groups in total. The molecule has 6 nitrogen and oxygen atoms in total. The Morgan fingerprint density at radius 2 is 2.06 bits per heavy atom. The van der Waals surface area contributed by atoms with Gasteiger partial charge in [0.15, 0.2) is 5.82 Å². The van der Waals surface area contributed by atoms with Gasteiger partial charge in [-0.05, 0) is 54.6 Å². The Kier molecular flexibility index (Phi) is 4.25. The molecular weight excluding hydrogens is 230 g/mol. The van der Waals surface area contributed by atoms with E-state index in [-0.39, 0.29) is 0 Å². The van der Waals surface area contributed by atoms with Gasteiger partial charge in [-0.3, -0.25) is 0 Å². The van der Waals surface area contributed by atoms with E-state index in [9.17, 15) is 0 Å². The van der Waals surface area contributed by atoms with Crippen LogP contribution in [-0.4, -0.2) is 33.4 Å². The monoisotopic (exact) mass is 247 g/mol. The molecule has 18 heavy (non-hydrogen) atoms. The molecule has 2 rings (SSSR count). The molecule has 1 heterocycles. The van der Waals surface area contributed by atoms with Crippen molar-refractivity contribution in [1.82, 2.24) is 20.2 Å². The first-order valence-corrected chi connectivity index (χ1v) is 6.04. The van der Waals surface area contributed by atoms with Crippen molar-refractivity contribution in [2.75, 3.05) is 13.2 Å². The third kappa shape index (κ3) is 2.84. The number of hydrogen-bond donors (Lipinski definition) is 1. The molecule has 96 valence electrons. The van der Waals surface area contributed by atoms with Crippen LogP contribution in [-0.2, 0) is 6.54 Å². The number of rotatable bonds is 6. The fourth-order valence-corrected chi connectivity index (χ4v) is 1.67. The Morgan fingerprint density at radius 1 is 1.28 bits per heavy atom. The number of aryl methyl sites for hydroxylation is 1. The Balaban J connectivity index is 2.17. The summed E-state index contributed by atoms with van der Waals surface area (Å²) >= 11 is 0. The topological polar surface area (TPSA) is 78.9 Å². The average molecular weight is 247 g/mol. The quantitative estimate of drug-likeness (QED) is 0.826. The van der Waals surface area contributed by atoms with Crippen LogP contribution in [0.5, 0.6) is 5.75 Å². The molecule has 0 unspecified atom stereocenters. The average Bonchev–Trinajstić information content (AvgIpc) is 2.86. The second-order valence-electron chi connectivity index (χ2n) is 3.83. The van der Waals surface area contributed by atoms with Gasteiger partial charge in [-0.25, -0.2) is 4.68 Å². The first-order chi connectivity index (χ1) is 8.85. The molecule has 1 aromatic heterocycles. The summed E-state index contributed by atoms with van der Waals surface area (Å²) in [5.41, 5.74) is 6.46. The Bertz CT molecular complexity index is 479. The van der Waals surface area contributed by atoms with Crippen molar-refractivity contribution in [3.8, 4) is 17.1 Å². The fraction of sp³-hybridized carbons (Fsp3) is 0.417. The van der Waals surface area contributed by atoms with Crippen molar-refractivity contribution in [2.45, 2.75) is 19.9 Å². The number of ether oxygens (including phenoxy) is 1. The molecule has 0 saturated heterocycles. The van der Waals surface area contributed by atoms with Crippen LogP contribution in [0.3, 0.4) is 0 Å². The predicted octanol–water partition coefficient (Wildman–Crippen LogP) is 1.09. The minimum atomic E-state index is 0.628. The lowest BCUT2D eigenvalue weighted by atomic mass is 10.2. The third-order valence-corrected chi connectivity index (χ3v) is 2.53. The standard InChI is InChI=1S/C12H17N5O/c1-2-18-11-6-4-10(5-7-11)12-14-15-16-17(12)9-3-8-13/h4-7H,2-3,8-9,13H2,1H3. The van der Waals surface area contributed by atoms with E-state index in [1.165, 1.54) is 0 Å². The normalized spacial score (nSPS) is 10.6. The highest BCUT2D eigenvalue weighted by molar-refractivity contribution is 5.55. The highest BCUT2D eigenvalue weighted by atomic mass is 16.5. The van der Waals surface area contributed by atoms with Crippen molar-refractivity contribution in [2.24, 2.45) is 5.73 Å². The van der Waals surface area contributed by atoms with Crippen LogP contribution in [0.4, 0.5) is 0 Å². The van der Waals surface area contributed by atoms with Crippen LogP contribution in [0.25, 0.3) is 11.4 Å². The van der Waals surface area contributed by atoms with Crippen LogP contribution in [0, 0.1) is 0 Å². The summed E-state index contributed by atoms with van der Waals surface area (Å²) in [6.07, 6.45) is 0.856. The summed E-state index contributed by atoms with van der Waals surface area (Å²) < 4.78 is 7.16. The van der Waals surface area contributed by atoms with E-state index in [0.717, 1.165) is 30.1 Å². The van der Waals surface area contributed by atoms with Crippen molar-refractivity contribution in [3.05, 3.63) is 24.3 Å². The van der Waals surface area contributed by atoms with Crippen molar-refractivity contribution < 1.29 is 4.74 Å². The van der Waals surface area contributed by atoms with Crippen LogP contribution >= 0.6 is 0 Å². The van der Waals surface area contributed by atoms with Crippen LogP contribution < -0.4 is 10.5 Å². The SMILES string of the molecule is CCOc1ccc(-c2nnnn2CCCN)cc1. The molecule has 2 aromatic rings. The molecule has 1 aromatic carbocycles. The maximum Gasteiger partial charge on any atom is 0.182 e. The Morgan fingerprint density at radius 3 is 2.72 bits per heavy atom. The maximum atomic E-state index is 5.49. The summed E-state index contributed by atoms with van der Waals surface area (Å²) in [7, 11) is 0. The van der Waals surface area contributed by atoms with Gasteiger partial charge in [0.05, 0.1) is 6.61 Å². The fourth-order valence-electron chi connectivity index (χ4n) is 1.67. The van der Waals surface area contributed by atoms with Gasteiger partial charge in [0.2, 0.25) is 0 Å². The van der Waals surface area contributed by atoms with E-state index in [4.69, 9.17) is 10.5 Å². The van der Waals surface area contributed by atoms with Gasteiger partial charge in [-0.15, -0.1) is 5.10 Å². The predicted molar refractivity (Wildman–Crippen MR) is 68.1 cm³/mol. The molecule has 6 heteroatoms. The van der Waals surface area contributed by atoms with E-state index >= 15 is 0 Å². The summed E-state index contributed by atoms with van der Waals surface area (Å²) in [5, 5.41) is 11.7. The Labute approximate surface area is 106 Å². The summed E-state index contributed by atoms with van der Waals surface area (Å²) in [6.45, 7) is 3.98.